The van der Waals surface area contributed by atoms with Crippen LogP contribution in [0.3, 0.4) is 0 Å². The smallest absolute Gasteiger partial charge is 0.412 e. The molecule has 4 rings (SSSR count). The van der Waals surface area contributed by atoms with Gasteiger partial charge in [-0.1, -0.05) is 0 Å². The molecule has 0 bridgehead atoms. The van der Waals surface area contributed by atoms with E-state index in [0.717, 1.165) is 61.3 Å². The maximum Gasteiger partial charge on any atom is 0.412 e. The fraction of sp³-hybridized carbons (Fsp3) is 0.545. The summed E-state index contributed by atoms with van der Waals surface area (Å²) in [7, 11) is 0. The van der Waals surface area contributed by atoms with Gasteiger partial charge in [0.15, 0.2) is 0 Å². The van der Waals surface area contributed by atoms with Crippen LogP contribution in [-0.4, -0.2) is 58.6 Å². The maximum absolute atomic E-state index is 11.9. The number of aliphatic hydroxyl groups excluding tert-OH is 1. The lowest BCUT2D eigenvalue weighted by molar-refractivity contribution is 0.0497. The molecule has 1 atom stereocenters. The van der Waals surface area contributed by atoms with Crippen LogP contribution in [0.1, 0.15) is 31.7 Å². The summed E-state index contributed by atoms with van der Waals surface area (Å²) in [6.45, 7) is 4.47. The molecule has 1 aromatic carbocycles. The lowest BCUT2D eigenvalue weighted by Crippen LogP contribution is -2.41. The van der Waals surface area contributed by atoms with Gasteiger partial charge in [-0.3, -0.25) is 9.58 Å². The van der Waals surface area contributed by atoms with Gasteiger partial charge in [-0.25, -0.2) is 4.79 Å². The van der Waals surface area contributed by atoms with Gasteiger partial charge in [0.25, 0.3) is 0 Å². The molecule has 0 saturated carbocycles. The Labute approximate surface area is 176 Å². The van der Waals surface area contributed by atoms with Gasteiger partial charge in [-0.05, 0) is 50.7 Å². The van der Waals surface area contributed by atoms with Gasteiger partial charge in [-0.15, -0.1) is 0 Å². The van der Waals surface area contributed by atoms with Gasteiger partial charge < -0.3 is 19.7 Å². The highest BCUT2D eigenvalue weighted by atomic mass is 16.5. The number of hydrogen-bond donors (Lipinski definition) is 2. The third-order valence-corrected chi connectivity index (χ3v) is 6.03. The van der Waals surface area contributed by atoms with Crippen LogP contribution in [0.2, 0.25) is 0 Å². The number of ether oxygens (including phenoxy) is 2. The summed E-state index contributed by atoms with van der Waals surface area (Å²) in [5.41, 5.74) is 3.45. The fourth-order valence-electron chi connectivity index (χ4n) is 4.33. The van der Waals surface area contributed by atoms with Crippen molar-refractivity contribution >= 4 is 11.8 Å². The Balaban J connectivity index is 1.72. The first kappa shape index (κ1) is 20.7. The van der Waals surface area contributed by atoms with E-state index < -0.39 is 6.09 Å². The number of anilines is 1. The Hall–Kier alpha value is -2.58. The number of nitrogens with zero attached hydrogens (tertiary/aromatic N) is 3. The molecule has 1 fully saturated rings. The van der Waals surface area contributed by atoms with Crippen molar-refractivity contribution < 1.29 is 24.5 Å². The molecule has 0 aliphatic carbocycles. The molecule has 0 unspecified atom stereocenters. The molecule has 1 saturated heterocycles. The molecular formula is C22H29N3O5. The van der Waals surface area contributed by atoms with Crippen molar-refractivity contribution in [1.29, 1.82) is 0 Å². The van der Waals surface area contributed by atoms with Crippen LogP contribution in [0.5, 0.6) is 5.75 Å². The molecule has 0 radical (unpaired) electrons. The van der Waals surface area contributed by atoms with E-state index in [9.17, 15) is 15.0 Å². The van der Waals surface area contributed by atoms with Gasteiger partial charge in [-0.2, -0.15) is 5.10 Å². The van der Waals surface area contributed by atoms with E-state index in [1.165, 1.54) is 4.90 Å². The number of aromatic nitrogens is 2. The van der Waals surface area contributed by atoms with E-state index in [-0.39, 0.29) is 12.6 Å². The quantitative estimate of drug-likeness (QED) is 0.752. The molecule has 8 nitrogen and oxygen atoms in total. The predicted octanol–water partition coefficient (Wildman–Crippen LogP) is 3.17. The summed E-state index contributed by atoms with van der Waals surface area (Å²) in [5, 5.41) is 23.3. The average Bonchev–Trinajstić information content (AvgIpc) is 3.20. The molecule has 0 spiro atoms. The Bertz CT molecular complexity index is 891. The first-order chi connectivity index (χ1) is 14.6. The molecular weight excluding hydrogens is 386 g/mol. The topological polar surface area (TPSA) is 97.1 Å². The average molecular weight is 415 g/mol. The van der Waals surface area contributed by atoms with Gasteiger partial charge in [0.2, 0.25) is 0 Å². The normalized spacial score (nSPS) is 19.5. The summed E-state index contributed by atoms with van der Waals surface area (Å²) in [5.74, 6) is 1.18. The van der Waals surface area contributed by atoms with Gasteiger partial charge in [0.1, 0.15) is 5.75 Å². The standard InChI is InChI=1S/C22H29N3O5/c1-15-2-3-19-20(25(15)22(27)28)5-4-18(17-12-23-24(13-17)8-9-26)21(19)30-14-16-6-10-29-11-7-16/h4-5,12-13,15-16,26H,2-3,6-11,14H2,1H3,(H,27,28)/t15-/m0/s1. The van der Waals surface area contributed by atoms with Crippen LogP contribution in [-0.2, 0) is 17.7 Å². The highest BCUT2D eigenvalue weighted by molar-refractivity contribution is 5.91. The Morgan fingerprint density at radius 2 is 2.10 bits per heavy atom. The monoisotopic (exact) mass is 415 g/mol. The van der Waals surface area contributed by atoms with E-state index in [2.05, 4.69) is 5.10 Å². The highest BCUT2D eigenvalue weighted by Crippen LogP contribution is 2.43. The molecule has 30 heavy (non-hydrogen) atoms. The second-order valence-electron chi connectivity index (χ2n) is 8.06. The van der Waals surface area contributed by atoms with E-state index in [1.807, 2.05) is 25.3 Å². The zero-order valence-electron chi connectivity index (χ0n) is 17.3. The molecule has 8 heteroatoms. The Morgan fingerprint density at radius 1 is 1.30 bits per heavy atom. The summed E-state index contributed by atoms with van der Waals surface area (Å²) in [6, 6.07) is 3.72. The first-order valence-corrected chi connectivity index (χ1v) is 10.6. The van der Waals surface area contributed by atoms with Crippen LogP contribution in [0.15, 0.2) is 24.5 Å². The van der Waals surface area contributed by atoms with Gasteiger partial charge in [0.05, 0.1) is 31.6 Å². The van der Waals surface area contributed by atoms with Crippen molar-refractivity contribution in [3.8, 4) is 16.9 Å². The minimum Gasteiger partial charge on any atom is -0.492 e. The number of carbonyl (C=O) groups is 1. The summed E-state index contributed by atoms with van der Waals surface area (Å²) < 4.78 is 13.6. The van der Waals surface area contributed by atoms with E-state index >= 15 is 0 Å². The molecule has 1 aromatic heterocycles. The van der Waals surface area contributed by atoms with Crippen LogP contribution in [0.4, 0.5) is 10.5 Å². The summed E-state index contributed by atoms with van der Waals surface area (Å²) in [4.78, 5) is 13.4. The second-order valence-corrected chi connectivity index (χ2v) is 8.06. The van der Waals surface area contributed by atoms with Crippen LogP contribution in [0.25, 0.3) is 11.1 Å². The van der Waals surface area contributed by atoms with Gasteiger partial charge >= 0.3 is 6.09 Å². The van der Waals surface area contributed by atoms with Crippen LogP contribution < -0.4 is 9.64 Å². The third kappa shape index (κ3) is 4.15. The van der Waals surface area contributed by atoms with Crippen molar-refractivity contribution in [1.82, 2.24) is 9.78 Å². The van der Waals surface area contributed by atoms with Crippen molar-refractivity contribution in [2.24, 2.45) is 5.92 Å². The largest absolute Gasteiger partial charge is 0.492 e. The number of fused-ring (bicyclic) bond motifs is 1. The lowest BCUT2D eigenvalue weighted by Gasteiger charge is -2.35. The minimum atomic E-state index is -0.942. The predicted molar refractivity (Wildman–Crippen MR) is 112 cm³/mol. The number of aliphatic hydroxyl groups is 1. The zero-order chi connectivity index (χ0) is 21.1. The molecule has 1 amide bonds. The molecule has 162 valence electrons. The SMILES string of the molecule is C[C@H]1CCc2c(ccc(-c3cnn(CCO)c3)c2OCC2CCOCC2)N1C(=O)O. The van der Waals surface area contributed by atoms with Crippen molar-refractivity contribution in [2.75, 3.05) is 31.3 Å². The van der Waals surface area contributed by atoms with Gasteiger partial charge in [0, 0.05) is 42.1 Å². The highest BCUT2D eigenvalue weighted by Gasteiger charge is 2.31. The maximum atomic E-state index is 11.9. The van der Waals surface area contributed by atoms with Crippen molar-refractivity contribution in [3.63, 3.8) is 0 Å². The number of carboxylic acid groups (broad SMARTS) is 1. The van der Waals surface area contributed by atoms with Crippen LogP contribution >= 0.6 is 0 Å². The first-order valence-electron chi connectivity index (χ1n) is 10.6. The number of benzene rings is 1. The van der Waals surface area contributed by atoms with Crippen molar-refractivity contribution in [2.45, 2.75) is 45.2 Å². The molecule has 2 aromatic rings. The van der Waals surface area contributed by atoms with Crippen molar-refractivity contribution in [3.05, 3.63) is 30.1 Å². The third-order valence-electron chi connectivity index (χ3n) is 6.03. The molecule has 3 heterocycles. The molecule has 2 N–H and O–H groups in total. The number of hydrogen-bond acceptors (Lipinski definition) is 5. The Kier molecular flexibility index (Phi) is 6.24. The number of amides is 1. The van der Waals surface area contributed by atoms with Crippen LogP contribution in [0, 0.1) is 5.92 Å². The Morgan fingerprint density at radius 3 is 2.83 bits per heavy atom. The fourth-order valence-corrected chi connectivity index (χ4v) is 4.33. The number of rotatable bonds is 6. The molecule has 2 aliphatic rings. The zero-order valence-corrected chi connectivity index (χ0v) is 17.3. The second kappa shape index (κ2) is 9.06. The summed E-state index contributed by atoms with van der Waals surface area (Å²) >= 11 is 0. The van der Waals surface area contributed by atoms with E-state index in [1.54, 1.807) is 10.9 Å². The minimum absolute atomic E-state index is 0.0177. The lowest BCUT2D eigenvalue weighted by atomic mass is 9.92. The van der Waals surface area contributed by atoms with E-state index in [0.29, 0.717) is 24.8 Å². The summed E-state index contributed by atoms with van der Waals surface area (Å²) in [6.07, 6.45) is 6.16. The molecule has 2 aliphatic heterocycles. The van der Waals surface area contributed by atoms with E-state index in [4.69, 9.17) is 9.47 Å².